The molecular formula is C27H38ClN9O. The van der Waals surface area contributed by atoms with Crippen LogP contribution in [0.3, 0.4) is 0 Å². The number of hydrazine groups is 1. The van der Waals surface area contributed by atoms with E-state index in [0.717, 1.165) is 54.3 Å². The molecule has 4 rings (SSSR count). The van der Waals surface area contributed by atoms with Gasteiger partial charge in [0.1, 0.15) is 5.82 Å². The second kappa shape index (κ2) is 12.1. The van der Waals surface area contributed by atoms with Gasteiger partial charge in [0, 0.05) is 44.7 Å². The van der Waals surface area contributed by atoms with E-state index in [2.05, 4.69) is 53.0 Å². The van der Waals surface area contributed by atoms with Gasteiger partial charge in [-0.15, -0.1) is 0 Å². The SMILES string of the molecule is CCCc1ccccc1C1Cc2nc(OC)nc(N3CCCN=C(/C(Cl)=C(\N)C(=N)N(C)N)C3)c2CN1C. The third kappa shape index (κ3) is 5.77. The Morgan fingerprint density at radius 2 is 2.03 bits per heavy atom. The van der Waals surface area contributed by atoms with Crippen molar-refractivity contribution in [3.63, 3.8) is 0 Å². The van der Waals surface area contributed by atoms with Crippen LogP contribution in [0.2, 0.25) is 0 Å². The summed E-state index contributed by atoms with van der Waals surface area (Å²) in [6.45, 7) is 4.66. The summed E-state index contributed by atoms with van der Waals surface area (Å²) in [5, 5.41) is 9.48. The zero-order valence-corrected chi connectivity index (χ0v) is 23.4. The van der Waals surface area contributed by atoms with Gasteiger partial charge in [0.15, 0.2) is 5.84 Å². The van der Waals surface area contributed by atoms with Crippen LogP contribution in [-0.4, -0.2) is 72.3 Å². The maximum atomic E-state index is 8.12. The Morgan fingerprint density at radius 1 is 1.26 bits per heavy atom. The number of likely N-dealkylation sites (N-methyl/N-ethyl adjacent to an activating group) is 2. The number of amidine groups is 1. The van der Waals surface area contributed by atoms with Gasteiger partial charge in [-0.2, -0.15) is 9.97 Å². The molecule has 10 nitrogen and oxygen atoms in total. The van der Waals surface area contributed by atoms with E-state index in [0.29, 0.717) is 31.4 Å². The van der Waals surface area contributed by atoms with E-state index in [1.165, 1.54) is 11.1 Å². The summed E-state index contributed by atoms with van der Waals surface area (Å²) < 4.78 is 5.55. The molecule has 0 spiro atoms. The Kier molecular flexibility index (Phi) is 8.86. The van der Waals surface area contributed by atoms with Crippen molar-refractivity contribution >= 4 is 29.0 Å². The first kappa shape index (κ1) is 27.8. The zero-order valence-electron chi connectivity index (χ0n) is 22.7. The van der Waals surface area contributed by atoms with Gasteiger partial charge in [0.2, 0.25) is 0 Å². The van der Waals surface area contributed by atoms with Crippen LogP contribution in [0.25, 0.3) is 0 Å². The molecule has 0 saturated carbocycles. The van der Waals surface area contributed by atoms with Crippen molar-refractivity contribution in [2.24, 2.45) is 16.6 Å². The molecule has 2 aliphatic rings. The lowest BCUT2D eigenvalue weighted by atomic mass is 9.89. The van der Waals surface area contributed by atoms with Crippen LogP contribution in [0.4, 0.5) is 5.82 Å². The highest BCUT2D eigenvalue weighted by Crippen LogP contribution is 2.37. The maximum absolute atomic E-state index is 8.12. The molecule has 1 atom stereocenters. The predicted octanol–water partition coefficient (Wildman–Crippen LogP) is 3.01. The number of halogens is 1. The molecule has 5 N–H and O–H groups in total. The molecule has 0 aliphatic carbocycles. The number of nitrogens with zero attached hydrogens (tertiary/aromatic N) is 6. The summed E-state index contributed by atoms with van der Waals surface area (Å²) in [6, 6.07) is 9.27. The molecule has 2 aromatic rings. The van der Waals surface area contributed by atoms with Gasteiger partial charge in [-0.3, -0.25) is 20.3 Å². The number of nitrogens with one attached hydrogen (secondary N) is 1. The van der Waals surface area contributed by atoms with Gasteiger partial charge in [-0.1, -0.05) is 49.2 Å². The molecule has 3 heterocycles. The molecule has 2 aliphatic heterocycles. The number of rotatable bonds is 7. The van der Waals surface area contributed by atoms with Crippen LogP contribution in [0, 0.1) is 5.41 Å². The van der Waals surface area contributed by atoms with Crippen molar-refractivity contribution in [2.75, 3.05) is 45.7 Å². The Balaban J connectivity index is 1.70. The average Bonchev–Trinajstić information content (AvgIpc) is 3.18. The van der Waals surface area contributed by atoms with Gasteiger partial charge in [0.05, 0.1) is 35.8 Å². The van der Waals surface area contributed by atoms with E-state index in [-0.39, 0.29) is 22.6 Å². The van der Waals surface area contributed by atoms with Gasteiger partial charge >= 0.3 is 6.01 Å². The summed E-state index contributed by atoms with van der Waals surface area (Å²) in [5.41, 5.74) is 11.7. The summed E-state index contributed by atoms with van der Waals surface area (Å²) in [7, 11) is 5.30. The Hall–Kier alpha value is -3.21. The van der Waals surface area contributed by atoms with Crippen molar-refractivity contribution in [2.45, 2.75) is 45.2 Å². The summed E-state index contributed by atoms with van der Waals surface area (Å²) >= 11 is 6.64. The van der Waals surface area contributed by atoms with E-state index in [4.69, 9.17) is 43.3 Å². The number of ether oxygens (including phenoxy) is 1. The number of aryl methyl sites for hydroxylation is 1. The molecule has 0 fully saturated rings. The second-order valence-corrected chi connectivity index (χ2v) is 10.2. The number of benzene rings is 1. The fourth-order valence-electron chi connectivity index (χ4n) is 5.14. The van der Waals surface area contributed by atoms with Crippen molar-refractivity contribution in [1.82, 2.24) is 19.9 Å². The summed E-state index contributed by atoms with van der Waals surface area (Å²) in [6.07, 6.45) is 3.74. The van der Waals surface area contributed by atoms with Crippen LogP contribution in [0.1, 0.15) is 48.2 Å². The van der Waals surface area contributed by atoms with Gasteiger partial charge in [-0.25, -0.2) is 5.84 Å². The topological polar surface area (TPSA) is 133 Å². The number of anilines is 1. The predicted molar refractivity (Wildman–Crippen MR) is 153 cm³/mol. The third-order valence-corrected chi connectivity index (χ3v) is 7.54. The average molecular weight is 540 g/mol. The molecule has 204 valence electrons. The molecule has 0 radical (unpaired) electrons. The van der Waals surface area contributed by atoms with Crippen molar-refractivity contribution in [3.05, 3.63) is 57.4 Å². The Labute approximate surface area is 229 Å². The van der Waals surface area contributed by atoms with Crippen molar-refractivity contribution in [3.8, 4) is 6.01 Å². The van der Waals surface area contributed by atoms with E-state index in [9.17, 15) is 0 Å². The molecular weight excluding hydrogens is 502 g/mol. The number of hydrogen-bond donors (Lipinski definition) is 3. The first-order valence-electron chi connectivity index (χ1n) is 13.0. The van der Waals surface area contributed by atoms with E-state index < -0.39 is 0 Å². The smallest absolute Gasteiger partial charge is 0.318 e. The summed E-state index contributed by atoms with van der Waals surface area (Å²) in [5.74, 6) is 6.46. The molecule has 1 unspecified atom stereocenters. The first-order valence-corrected chi connectivity index (χ1v) is 13.4. The van der Waals surface area contributed by atoms with Crippen molar-refractivity contribution < 1.29 is 4.74 Å². The number of nitrogens with two attached hydrogens (primary N) is 2. The van der Waals surface area contributed by atoms with Crippen LogP contribution in [0.5, 0.6) is 6.01 Å². The second-order valence-electron chi connectivity index (χ2n) is 9.83. The molecule has 1 aromatic heterocycles. The summed E-state index contributed by atoms with van der Waals surface area (Å²) in [4.78, 5) is 18.8. The van der Waals surface area contributed by atoms with Crippen LogP contribution >= 0.6 is 11.6 Å². The van der Waals surface area contributed by atoms with Gasteiger partial charge in [0.25, 0.3) is 0 Å². The molecule has 0 bridgehead atoms. The lowest BCUT2D eigenvalue weighted by molar-refractivity contribution is 0.212. The lowest BCUT2D eigenvalue weighted by Gasteiger charge is -2.37. The number of methoxy groups -OCH3 is 1. The number of hydrogen-bond acceptors (Lipinski definition) is 9. The normalized spacial score (nSPS) is 18.7. The van der Waals surface area contributed by atoms with E-state index in [1.54, 1.807) is 14.2 Å². The zero-order chi connectivity index (χ0) is 27.4. The molecule has 0 saturated heterocycles. The lowest BCUT2D eigenvalue weighted by Crippen LogP contribution is -2.38. The Bertz CT molecular complexity index is 1240. The quantitative estimate of drug-likeness (QED) is 0.212. The number of aliphatic imine (C=N–C) groups is 1. The standard InChI is InChI=1S/C27H38ClN9O/c1-5-9-17-10-6-7-11-18(17)22-14-20-19(15-35(22)2)26(34-27(33-20)38-4)37-13-8-12-32-21(16-37)23(28)24(29)25(30)36(3)31/h6-7,10-11,22,30H,5,8-9,12-16,29,31H2,1-4H3/b24-23+,30-25?. The molecule has 38 heavy (non-hydrogen) atoms. The third-order valence-electron chi connectivity index (χ3n) is 7.12. The van der Waals surface area contributed by atoms with E-state index in [1.807, 2.05) is 0 Å². The van der Waals surface area contributed by atoms with E-state index >= 15 is 0 Å². The Morgan fingerprint density at radius 3 is 2.74 bits per heavy atom. The monoisotopic (exact) mass is 539 g/mol. The van der Waals surface area contributed by atoms with Crippen LogP contribution < -0.4 is 21.2 Å². The fourth-order valence-corrected chi connectivity index (χ4v) is 5.34. The van der Waals surface area contributed by atoms with Gasteiger partial charge < -0.3 is 15.4 Å². The van der Waals surface area contributed by atoms with Gasteiger partial charge in [-0.05, 0) is 31.0 Å². The molecule has 0 amide bonds. The van der Waals surface area contributed by atoms with Crippen LogP contribution in [-0.2, 0) is 19.4 Å². The van der Waals surface area contributed by atoms with Crippen LogP contribution in [0.15, 0.2) is 40.0 Å². The molecule has 1 aromatic carbocycles. The highest BCUT2D eigenvalue weighted by molar-refractivity contribution is 6.46. The maximum Gasteiger partial charge on any atom is 0.318 e. The minimum atomic E-state index is -0.0643. The molecule has 11 heteroatoms. The number of fused-ring (bicyclic) bond motifs is 1. The number of aromatic nitrogens is 2. The van der Waals surface area contributed by atoms with Crippen molar-refractivity contribution in [1.29, 1.82) is 5.41 Å². The largest absolute Gasteiger partial charge is 0.467 e. The highest BCUT2D eigenvalue weighted by atomic mass is 35.5. The minimum Gasteiger partial charge on any atom is -0.467 e. The first-order chi connectivity index (χ1) is 18.2. The fraction of sp³-hybridized carbons (Fsp3) is 0.481. The minimum absolute atomic E-state index is 0.0643. The highest BCUT2D eigenvalue weighted by Gasteiger charge is 2.32.